The molecule has 2 atom stereocenters. The molecule has 23 heavy (non-hydrogen) atoms. The van der Waals surface area contributed by atoms with Crippen LogP contribution in [0.2, 0.25) is 0 Å². The first-order chi connectivity index (χ1) is 11.2. The first-order valence-electron chi connectivity index (χ1n) is 7.73. The van der Waals surface area contributed by atoms with Gasteiger partial charge in [0.1, 0.15) is 0 Å². The maximum atomic E-state index is 12.3. The Labute approximate surface area is 135 Å². The van der Waals surface area contributed by atoms with Crippen LogP contribution in [-0.2, 0) is 4.74 Å². The minimum absolute atomic E-state index is 0.0515. The van der Waals surface area contributed by atoms with Crippen LogP contribution < -0.4 is 5.32 Å². The summed E-state index contributed by atoms with van der Waals surface area (Å²) in [5.74, 6) is -0.146. The van der Waals surface area contributed by atoms with Crippen LogP contribution in [0, 0.1) is 0 Å². The lowest BCUT2D eigenvalue weighted by Gasteiger charge is -2.37. The number of methoxy groups -OCH3 is 1. The van der Waals surface area contributed by atoms with Crippen LogP contribution in [0.3, 0.4) is 0 Å². The number of hydrogen-bond acceptors (Lipinski definition) is 3. The number of hydrogen-bond donors (Lipinski definition) is 1. The number of carbonyl (C=O) groups is 2. The summed E-state index contributed by atoms with van der Waals surface area (Å²) in [4.78, 5) is 23.9. The smallest absolute Gasteiger partial charge is 0.337 e. The number of ether oxygens (including phenoxy) is 1. The fourth-order valence-electron chi connectivity index (χ4n) is 2.93. The number of amides is 1. The van der Waals surface area contributed by atoms with Gasteiger partial charge in [-0.25, -0.2) is 4.79 Å². The molecule has 0 aromatic heterocycles. The first-order valence-corrected chi connectivity index (χ1v) is 7.73. The van der Waals surface area contributed by atoms with Crippen molar-refractivity contribution in [3.63, 3.8) is 0 Å². The number of esters is 1. The van der Waals surface area contributed by atoms with Gasteiger partial charge in [0.05, 0.1) is 12.7 Å². The molecule has 1 aliphatic rings. The highest BCUT2D eigenvalue weighted by Gasteiger charge is 2.33. The molecule has 2 aromatic carbocycles. The summed E-state index contributed by atoms with van der Waals surface area (Å²) in [5.41, 5.74) is 2.28. The van der Waals surface area contributed by atoms with Gasteiger partial charge in [-0.2, -0.15) is 0 Å². The second-order valence-corrected chi connectivity index (χ2v) is 5.75. The predicted molar refractivity (Wildman–Crippen MR) is 87.5 cm³/mol. The summed E-state index contributed by atoms with van der Waals surface area (Å²) in [6, 6.07) is 16.8. The third-order valence-electron chi connectivity index (χ3n) is 4.36. The summed E-state index contributed by atoms with van der Waals surface area (Å²) < 4.78 is 4.76. The van der Waals surface area contributed by atoms with Crippen molar-refractivity contribution >= 4 is 11.9 Å². The van der Waals surface area contributed by atoms with E-state index < -0.39 is 0 Å². The van der Waals surface area contributed by atoms with E-state index in [0.717, 1.165) is 18.4 Å². The molecule has 0 spiro atoms. The van der Waals surface area contributed by atoms with E-state index in [9.17, 15) is 9.59 Å². The summed E-state index contributed by atoms with van der Waals surface area (Å²) in [6.45, 7) is 0. The molecule has 1 amide bonds. The van der Waals surface area contributed by atoms with Crippen LogP contribution in [0.15, 0.2) is 54.6 Å². The molecule has 1 fully saturated rings. The lowest BCUT2D eigenvalue weighted by molar-refractivity contribution is 0.0600. The third kappa shape index (κ3) is 3.26. The van der Waals surface area contributed by atoms with Gasteiger partial charge in [-0.15, -0.1) is 0 Å². The van der Waals surface area contributed by atoms with Crippen LogP contribution in [0.5, 0.6) is 0 Å². The van der Waals surface area contributed by atoms with E-state index in [0.29, 0.717) is 11.1 Å². The van der Waals surface area contributed by atoms with Gasteiger partial charge in [-0.05, 0) is 42.7 Å². The predicted octanol–water partition coefficient (Wildman–Crippen LogP) is 3.15. The highest BCUT2D eigenvalue weighted by Crippen LogP contribution is 2.37. The highest BCUT2D eigenvalue weighted by atomic mass is 16.5. The molecule has 0 heterocycles. The van der Waals surface area contributed by atoms with Crippen LogP contribution in [0.4, 0.5) is 0 Å². The van der Waals surface area contributed by atoms with Gasteiger partial charge in [-0.3, -0.25) is 4.79 Å². The Morgan fingerprint density at radius 1 is 1.00 bits per heavy atom. The van der Waals surface area contributed by atoms with Gasteiger partial charge in [0, 0.05) is 17.5 Å². The molecule has 1 aliphatic carbocycles. The molecule has 0 saturated heterocycles. The molecule has 0 radical (unpaired) electrons. The Kier molecular flexibility index (Phi) is 4.42. The normalized spacial score (nSPS) is 19.5. The van der Waals surface area contributed by atoms with Gasteiger partial charge in [-0.1, -0.05) is 30.3 Å². The van der Waals surface area contributed by atoms with Crippen molar-refractivity contribution in [3.05, 3.63) is 71.3 Å². The SMILES string of the molecule is COC(=O)c1cccc([C@H]2CC[C@@H]2NC(=O)c2ccccc2)c1. The average Bonchev–Trinajstić information content (AvgIpc) is 2.58. The lowest BCUT2D eigenvalue weighted by atomic mass is 9.74. The Morgan fingerprint density at radius 2 is 1.74 bits per heavy atom. The quantitative estimate of drug-likeness (QED) is 0.883. The molecular weight excluding hydrogens is 290 g/mol. The van der Waals surface area contributed by atoms with E-state index in [1.54, 1.807) is 18.2 Å². The Bertz CT molecular complexity index is 712. The summed E-state index contributed by atoms with van der Waals surface area (Å²) >= 11 is 0. The van der Waals surface area contributed by atoms with Crippen molar-refractivity contribution in [1.82, 2.24) is 5.32 Å². The minimum Gasteiger partial charge on any atom is -0.465 e. The van der Waals surface area contributed by atoms with E-state index in [1.165, 1.54) is 7.11 Å². The fourth-order valence-corrected chi connectivity index (χ4v) is 2.93. The van der Waals surface area contributed by atoms with E-state index in [-0.39, 0.29) is 23.8 Å². The monoisotopic (exact) mass is 309 g/mol. The third-order valence-corrected chi connectivity index (χ3v) is 4.36. The first kappa shape index (κ1) is 15.3. The van der Waals surface area contributed by atoms with Crippen molar-refractivity contribution in [2.45, 2.75) is 24.8 Å². The van der Waals surface area contributed by atoms with Crippen molar-refractivity contribution < 1.29 is 14.3 Å². The van der Waals surface area contributed by atoms with Crippen LogP contribution in [-0.4, -0.2) is 25.0 Å². The Balaban J connectivity index is 1.70. The number of carbonyl (C=O) groups excluding carboxylic acids is 2. The summed E-state index contributed by atoms with van der Waals surface area (Å²) in [6.07, 6.45) is 1.95. The molecule has 3 rings (SSSR count). The molecule has 0 unspecified atom stereocenters. The maximum Gasteiger partial charge on any atom is 0.337 e. The standard InChI is InChI=1S/C19H19NO3/c1-23-19(22)15-9-5-8-14(12-15)16-10-11-17(16)20-18(21)13-6-3-2-4-7-13/h2-9,12,16-17H,10-11H2,1H3,(H,20,21)/t16-,17+/m1/s1. The topological polar surface area (TPSA) is 55.4 Å². The fraction of sp³-hybridized carbons (Fsp3) is 0.263. The Morgan fingerprint density at radius 3 is 2.39 bits per heavy atom. The zero-order valence-corrected chi connectivity index (χ0v) is 13.0. The van der Waals surface area contributed by atoms with E-state index in [4.69, 9.17) is 4.74 Å². The van der Waals surface area contributed by atoms with Crippen molar-refractivity contribution in [3.8, 4) is 0 Å². The van der Waals surface area contributed by atoms with Gasteiger partial charge in [0.25, 0.3) is 5.91 Å². The van der Waals surface area contributed by atoms with Crippen LogP contribution in [0.1, 0.15) is 45.0 Å². The maximum absolute atomic E-state index is 12.3. The molecule has 0 bridgehead atoms. The second-order valence-electron chi connectivity index (χ2n) is 5.75. The molecule has 4 heteroatoms. The van der Waals surface area contributed by atoms with Gasteiger partial charge in [0.15, 0.2) is 0 Å². The average molecular weight is 309 g/mol. The largest absolute Gasteiger partial charge is 0.465 e. The van der Waals surface area contributed by atoms with Crippen molar-refractivity contribution in [1.29, 1.82) is 0 Å². The second kappa shape index (κ2) is 6.65. The van der Waals surface area contributed by atoms with E-state index in [2.05, 4.69) is 5.32 Å². The molecule has 118 valence electrons. The van der Waals surface area contributed by atoms with Crippen molar-refractivity contribution in [2.24, 2.45) is 0 Å². The van der Waals surface area contributed by atoms with Gasteiger partial charge < -0.3 is 10.1 Å². The highest BCUT2D eigenvalue weighted by molar-refractivity contribution is 5.94. The number of nitrogens with one attached hydrogen (secondary N) is 1. The molecule has 2 aromatic rings. The van der Waals surface area contributed by atoms with Crippen molar-refractivity contribution in [2.75, 3.05) is 7.11 Å². The minimum atomic E-state index is -0.337. The summed E-state index contributed by atoms with van der Waals surface area (Å²) in [7, 11) is 1.38. The molecule has 4 nitrogen and oxygen atoms in total. The molecule has 0 aliphatic heterocycles. The van der Waals surface area contributed by atoms with Crippen LogP contribution in [0.25, 0.3) is 0 Å². The lowest BCUT2D eigenvalue weighted by Crippen LogP contribution is -2.45. The molecule has 1 saturated carbocycles. The van der Waals surface area contributed by atoms with Crippen LogP contribution >= 0.6 is 0 Å². The zero-order chi connectivity index (χ0) is 16.2. The van der Waals surface area contributed by atoms with E-state index >= 15 is 0 Å². The summed E-state index contributed by atoms with van der Waals surface area (Å²) in [5, 5.41) is 3.09. The zero-order valence-electron chi connectivity index (χ0n) is 13.0. The molecular formula is C19H19NO3. The Hall–Kier alpha value is -2.62. The van der Waals surface area contributed by atoms with Gasteiger partial charge in [0.2, 0.25) is 0 Å². The van der Waals surface area contributed by atoms with E-state index in [1.807, 2.05) is 36.4 Å². The molecule has 1 N–H and O–H groups in total. The number of rotatable bonds is 4. The van der Waals surface area contributed by atoms with Gasteiger partial charge >= 0.3 is 5.97 Å². The number of benzene rings is 2.